The van der Waals surface area contributed by atoms with Crippen LogP contribution in [0.25, 0.3) is 0 Å². The molecule has 2 unspecified atom stereocenters. The number of terminal acetylenes is 1. The number of hydrogen-bond acceptors (Lipinski definition) is 4. The van der Waals surface area contributed by atoms with Crippen LogP contribution in [0.2, 0.25) is 0 Å². The van der Waals surface area contributed by atoms with E-state index in [1.54, 1.807) is 0 Å². The highest BCUT2D eigenvalue weighted by Crippen LogP contribution is 2.36. The second-order valence-corrected chi connectivity index (χ2v) is 8.98. The minimum atomic E-state index is -0.456. The molecule has 1 aromatic rings. The van der Waals surface area contributed by atoms with Gasteiger partial charge in [0.05, 0.1) is 11.9 Å². The molecule has 0 bridgehead atoms. The van der Waals surface area contributed by atoms with Crippen LogP contribution in [0.5, 0.6) is 0 Å². The van der Waals surface area contributed by atoms with Gasteiger partial charge in [0.25, 0.3) is 0 Å². The van der Waals surface area contributed by atoms with Crippen molar-refractivity contribution in [1.82, 2.24) is 10.8 Å². The molecule has 5 heteroatoms. The summed E-state index contributed by atoms with van der Waals surface area (Å²) in [6, 6.07) is 10.3. The second-order valence-electron chi connectivity index (χ2n) is 8.98. The van der Waals surface area contributed by atoms with Crippen molar-refractivity contribution in [3.05, 3.63) is 60.2 Å². The van der Waals surface area contributed by atoms with Gasteiger partial charge in [-0.15, -0.1) is 12.3 Å². The van der Waals surface area contributed by atoms with Crippen LogP contribution >= 0.6 is 0 Å². The Bertz CT molecular complexity index is 783. The summed E-state index contributed by atoms with van der Waals surface area (Å²) in [6.07, 6.45) is 21.5. The molecule has 1 aliphatic rings. The number of aryl methyl sites for hydroxylation is 1. The number of benzene rings is 1. The van der Waals surface area contributed by atoms with Crippen molar-refractivity contribution >= 4 is 5.84 Å². The fourth-order valence-electron chi connectivity index (χ4n) is 4.40. The number of aliphatic imine (C=N–C) groups is 1. The summed E-state index contributed by atoms with van der Waals surface area (Å²) in [5.74, 6) is 4.25. The van der Waals surface area contributed by atoms with Gasteiger partial charge >= 0.3 is 0 Å². The summed E-state index contributed by atoms with van der Waals surface area (Å²) >= 11 is 0. The van der Waals surface area contributed by atoms with Gasteiger partial charge in [-0.1, -0.05) is 61.6 Å². The molecule has 35 heavy (non-hydrogen) atoms. The van der Waals surface area contributed by atoms with Gasteiger partial charge in [0.2, 0.25) is 0 Å². The minimum Gasteiger partial charge on any atom is -0.389 e. The van der Waals surface area contributed by atoms with Gasteiger partial charge in [0.15, 0.2) is 0 Å². The standard InChI is InChI=1S/C26H41N3O2.C4H6/c1-3-28-26(27-2)14-10-5-4-9-13-22-16-20-25(29-31)24(22)19-18-23(30)17-15-21-11-7-6-8-12-21;1-3-4-2/h4,6-9,11-12,18-19,22-25,29-31H,3,5,10,13-17,20H2,1-2H3,(H,27,28);1H,4H2,2H3/b9-4-,19-18+;/t22-,23?,24+,25?;/m0./s1. The van der Waals surface area contributed by atoms with Gasteiger partial charge < -0.3 is 15.6 Å². The second kappa shape index (κ2) is 19.9. The fourth-order valence-corrected chi connectivity index (χ4v) is 4.40. The lowest BCUT2D eigenvalue weighted by Crippen LogP contribution is -2.30. The summed E-state index contributed by atoms with van der Waals surface area (Å²) in [5, 5.41) is 23.2. The Labute approximate surface area is 213 Å². The smallest absolute Gasteiger partial charge is 0.0959 e. The molecule has 0 spiro atoms. The maximum Gasteiger partial charge on any atom is 0.0959 e. The van der Waals surface area contributed by atoms with E-state index in [1.807, 2.05) is 38.2 Å². The van der Waals surface area contributed by atoms with E-state index in [9.17, 15) is 10.3 Å². The van der Waals surface area contributed by atoms with Crippen molar-refractivity contribution in [2.75, 3.05) is 13.6 Å². The Morgan fingerprint density at radius 3 is 2.60 bits per heavy atom. The highest BCUT2D eigenvalue weighted by Gasteiger charge is 2.33. The summed E-state index contributed by atoms with van der Waals surface area (Å²) in [7, 11) is 1.84. The van der Waals surface area contributed by atoms with Gasteiger partial charge in [-0.05, 0) is 69.3 Å². The van der Waals surface area contributed by atoms with Crippen LogP contribution in [0, 0.1) is 24.2 Å². The number of amidine groups is 1. The SMILES string of the molecule is C#CCC.CCNC(CCC/C=C\C[C@H]1CCC(NO)[C@@H]1/C=C/C(O)CCc1ccccc1)=NC. The zero-order valence-corrected chi connectivity index (χ0v) is 22.0. The number of nitrogens with one attached hydrogen (secondary N) is 2. The molecule has 1 aliphatic carbocycles. The maximum absolute atomic E-state index is 10.4. The number of unbranched alkanes of at least 4 members (excludes halogenated alkanes) is 1. The Balaban J connectivity index is 0.00000142. The van der Waals surface area contributed by atoms with E-state index in [0.29, 0.717) is 12.3 Å². The van der Waals surface area contributed by atoms with Crippen molar-refractivity contribution in [2.24, 2.45) is 16.8 Å². The molecule has 4 atom stereocenters. The molecule has 5 nitrogen and oxygen atoms in total. The first kappa shape index (κ1) is 30.6. The first-order valence-electron chi connectivity index (χ1n) is 13.2. The van der Waals surface area contributed by atoms with E-state index in [4.69, 9.17) is 6.42 Å². The lowest BCUT2D eigenvalue weighted by molar-refractivity contribution is 0.111. The number of nitrogens with zero attached hydrogens (tertiary/aromatic N) is 1. The molecular weight excluding hydrogens is 434 g/mol. The van der Waals surface area contributed by atoms with Crippen molar-refractivity contribution < 1.29 is 10.3 Å². The summed E-state index contributed by atoms with van der Waals surface area (Å²) in [6.45, 7) is 4.95. The third-order valence-electron chi connectivity index (χ3n) is 6.40. The number of aliphatic hydroxyl groups is 1. The van der Waals surface area contributed by atoms with Crippen LogP contribution in [-0.4, -0.2) is 41.9 Å². The third-order valence-corrected chi connectivity index (χ3v) is 6.40. The molecule has 2 rings (SSSR count). The van der Waals surface area contributed by atoms with Crippen molar-refractivity contribution in [1.29, 1.82) is 0 Å². The maximum atomic E-state index is 10.4. The summed E-state index contributed by atoms with van der Waals surface area (Å²) < 4.78 is 0. The first-order chi connectivity index (χ1) is 17.1. The molecule has 0 amide bonds. The topological polar surface area (TPSA) is 76.9 Å². The zero-order valence-electron chi connectivity index (χ0n) is 22.0. The summed E-state index contributed by atoms with van der Waals surface area (Å²) in [5.41, 5.74) is 3.74. The molecule has 194 valence electrons. The lowest BCUT2D eigenvalue weighted by atomic mass is 9.89. The van der Waals surface area contributed by atoms with Crippen molar-refractivity contribution in [2.45, 2.75) is 83.8 Å². The van der Waals surface area contributed by atoms with Gasteiger partial charge in [-0.25, -0.2) is 5.48 Å². The fraction of sp³-hybridized carbons (Fsp3) is 0.567. The van der Waals surface area contributed by atoms with Crippen LogP contribution in [0.15, 0.2) is 59.6 Å². The predicted molar refractivity (Wildman–Crippen MR) is 149 cm³/mol. The van der Waals surface area contributed by atoms with E-state index in [-0.39, 0.29) is 12.0 Å². The van der Waals surface area contributed by atoms with E-state index >= 15 is 0 Å². The molecule has 0 heterocycles. The van der Waals surface area contributed by atoms with Crippen LogP contribution in [0.3, 0.4) is 0 Å². The Hall–Kier alpha value is -2.39. The number of hydrogen-bond donors (Lipinski definition) is 4. The predicted octanol–water partition coefficient (Wildman–Crippen LogP) is 5.69. The van der Waals surface area contributed by atoms with E-state index < -0.39 is 6.10 Å². The van der Waals surface area contributed by atoms with E-state index in [2.05, 4.69) is 59.0 Å². The van der Waals surface area contributed by atoms with Crippen LogP contribution in [-0.2, 0) is 6.42 Å². The molecule has 1 fully saturated rings. The minimum absolute atomic E-state index is 0.0689. The average molecular weight is 482 g/mol. The van der Waals surface area contributed by atoms with E-state index in [0.717, 1.165) is 63.7 Å². The largest absolute Gasteiger partial charge is 0.389 e. The molecule has 0 saturated heterocycles. The van der Waals surface area contributed by atoms with Crippen LogP contribution in [0.1, 0.15) is 70.8 Å². The Morgan fingerprint density at radius 1 is 1.23 bits per heavy atom. The Morgan fingerprint density at radius 2 is 1.97 bits per heavy atom. The molecule has 0 aromatic heterocycles. The number of aliphatic hydroxyl groups excluding tert-OH is 1. The third kappa shape index (κ3) is 13.3. The van der Waals surface area contributed by atoms with E-state index in [1.165, 1.54) is 5.56 Å². The monoisotopic (exact) mass is 481 g/mol. The van der Waals surface area contributed by atoms with Gasteiger partial charge in [0, 0.05) is 32.5 Å². The summed E-state index contributed by atoms with van der Waals surface area (Å²) in [4.78, 5) is 4.27. The van der Waals surface area contributed by atoms with Crippen LogP contribution < -0.4 is 10.8 Å². The highest BCUT2D eigenvalue weighted by molar-refractivity contribution is 5.81. The molecule has 1 saturated carbocycles. The normalized spacial score (nSPS) is 21.0. The number of rotatable bonds is 13. The van der Waals surface area contributed by atoms with Gasteiger partial charge in [-0.2, -0.15) is 0 Å². The first-order valence-corrected chi connectivity index (χ1v) is 13.2. The molecule has 1 aromatic carbocycles. The van der Waals surface area contributed by atoms with Gasteiger partial charge in [-0.3, -0.25) is 4.99 Å². The van der Waals surface area contributed by atoms with Crippen molar-refractivity contribution in [3.63, 3.8) is 0 Å². The van der Waals surface area contributed by atoms with Crippen molar-refractivity contribution in [3.8, 4) is 12.3 Å². The Kier molecular flexibility index (Phi) is 17.4. The van der Waals surface area contributed by atoms with Gasteiger partial charge in [0.1, 0.15) is 0 Å². The average Bonchev–Trinajstić information content (AvgIpc) is 3.29. The number of hydroxylamine groups is 1. The molecule has 0 aliphatic heterocycles. The zero-order chi connectivity index (χ0) is 25.7. The molecule has 4 N–H and O–H groups in total. The van der Waals surface area contributed by atoms with Crippen LogP contribution in [0.4, 0.5) is 0 Å². The lowest BCUT2D eigenvalue weighted by Gasteiger charge is -2.20. The quantitative estimate of drug-likeness (QED) is 0.0728. The highest BCUT2D eigenvalue weighted by atomic mass is 16.5. The molecule has 0 radical (unpaired) electrons. The number of allylic oxidation sites excluding steroid dienone is 2. The molecular formula is C30H47N3O2.